The number of rotatable bonds is 5. The number of hydrogen-bond donors (Lipinski definition) is 1. The van der Waals surface area contributed by atoms with Crippen LogP contribution in [0.5, 0.6) is 0 Å². The molecule has 0 spiro atoms. The smallest absolute Gasteiger partial charge is 0.129 e. The Labute approximate surface area is 173 Å². The fourth-order valence-corrected chi connectivity index (χ4v) is 4.46. The topological polar surface area (TPSA) is 66.6 Å². The minimum Gasteiger partial charge on any atom is -0.390 e. The molecule has 2 fully saturated rings. The van der Waals surface area contributed by atoms with E-state index in [0.29, 0.717) is 12.1 Å². The number of nitriles is 1. The SMILES string of the molecule is N#Cc1ccnc(N2CC[C@@H](N3CCN(CCc4ccccc4)CC3)[C@H](O)C2)c1. The van der Waals surface area contributed by atoms with Gasteiger partial charge in [0.25, 0.3) is 0 Å². The van der Waals surface area contributed by atoms with Crippen molar-refractivity contribution < 1.29 is 5.11 Å². The van der Waals surface area contributed by atoms with Gasteiger partial charge in [-0.1, -0.05) is 30.3 Å². The first-order valence-corrected chi connectivity index (χ1v) is 10.5. The number of piperazine rings is 1. The van der Waals surface area contributed by atoms with E-state index in [0.717, 1.165) is 57.9 Å². The summed E-state index contributed by atoms with van der Waals surface area (Å²) in [7, 11) is 0. The number of nitrogens with zero attached hydrogens (tertiary/aromatic N) is 5. The van der Waals surface area contributed by atoms with Crippen molar-refractivity contribution in [2.24, 2.45) is 0 Å². The highest BCUT2D eigenvalue weighted by atomic mass is 16.3. The second kappa shape index (κ2) is 9.36. The second-order valence-electron chi connectivity index (χ2n) is 8.00. The predicted octanol–water partition coefficient (Wildman–Crippen LogP) is 1.75. The molecule has 0 amide bonds. The zero-order valence-corrected chi connectivity index (χ0v) is 16.8. The van der Waals surface area contributed by atoms with E-state index < -0.39 is 6.10 Å². The number of aliphatic hydroxyl groups is 1. The molecule has 29 heavy (non-hydrogen) atoms. The van der Waals surface area contributed by atoms with Gasteiger partial charge in [0.2, 0.25) is 0 Å². The monoisotopic (exact) mass is 391 g/mol. The Bertz CT molecular complexity index is 829. The summed E-state index contributed by atoms with van der Waals surface area (Å²) >= 11 is 0. The zero-order valence-electron chi connectivity index (χ0n) is 16.8. The van der Waals surface area contributed by atoms with Gasteiger partial charge < -0.3 is 14.9 Å². The molecule has 2 aliphatic rings. The Kier molecular flexibility index (Phi) is 6.40. The van der Waals surface area contributed by atoms with E-state index in [2.05, 4.69) is 56.1 Å². The van der Waals surface area contributed by atoms with Crippen molar-refractivity contribution in [1.82, 2.24) is 14.8 Å². The lowest BCUT2D eigenvalue weighted by Crippen LogP contribution is -2.59. The molecule has 2 aromatic rings. The van der Waals surface area contributed by atoms with E-state index in [-0.39, 0.29) is 6.04 Å². The number of aromatic nitrogens is 1. The summed E-state index contributed by atoms with van der Waals surface area (Å²) in [6.45, 7) is 6.67. The number of β-amino-alcohol motifs (C(OH)–C–C–N with tert-alkyl or cyclic N) is 1. The third kappa shape index (κ3) is 4.94. The van der Waals surface area contributed by atoms with E-state index in [1.807, 2.05) is 0 Å². The van der Waals surface area contributed by atoms with Gasteiger partial charge in [-0.15, -0.1) is 0 Å². The summed E-state index contributed by atoms with van der Waals surface area (Å²) in [5.41, 5.74) is 2.00. The average molecular weight is 392 g/mol. The number of hydrogen-bond acceptors (Lipinski definition) is 6. The molecule has 0 aliphatic carbocycles. The molecule has 0 radical (unpaired) electrons. The van der Waals surface area contributed by atoms with Crippen LogP contribution < -0.4 is 4.90 Å². The molecular weight excluding hydrogens is 362 g/mol. The first-order chi connectivity index (χ1) is 14.2. The third-order valence-electron chi connectivity index (χ3n) is 6.18. The molecule has 2 aliphatic heterocycles. The van der Waals surface area contributed by atoms with Crippen LogP contribution in [0, 0.1) is 11.3 Å². The molecule has 2 saturated heterocycles. The lowest BCUT2D eigenvalue weighted by molar-refractivity contribution is 0.00967. The second-order valence-corrected chi connectivity index (χ2v) is 8.00. The van der Waals surface area contributed by atoms with Crippen LogP contribution in [0.15, 0.2) is 48.7 Å². The molecule has 1 aromatic carbocycles. The Morgan fingerprint density at radius 1 is 1.07 bits per heavy atom. The summed E-state index contributed by atoms with van der Waals surface area (Å²) in [6.07, 6.45) is 3.29. The number of aliphatic hydroxyl groups excluding tert-OH is 1. The van der Waals surface area contributed by atoms with Crippen molar-refractivity contribution in [3.63, 3.8) is 0 Å². The van der Waals surface area contributed by atoms with E-state index in [1.165, 1.54) is 5.56 Å². The molecule has 4 rings (SSSR count). The van der Waals surface area contributed by atoms with E-state index in [9.17, 15) is 5.11 Å². The van der Waals surface area contributed by atoms with Gasteiger partial charge in [-0.25, -0.2) is 4.98 Å². The van der Waals surface area contributed by atoms with Gasteiger partial charge in [0, 0.05) is 58.1 Å². The fraction of sp³-hybridized carbons (Fsp3) is 0.478. The van der Waals surface area contributed by atoms with Crippen LogP contribution in [-0.4, -0.2) is 77.8 Å². The van der Waals surface area contributed by atoms with Crippen molar-refractivity contribution in [3.05, 3.63) is 59.8 Å². The lowest BCUT2D eigenvalue weighted by atomic mass is 9.99. The van der Waals surface area contributed by atoms with Gasteiger partial charge in [-0.3, -0.25) is 4.90 Å². The molecule has 3 heterocycles. The van der Waals surface area contributed by atoms with Crippen LogP contribution in [0.25, 0.3) is 0 Å². The first kappa shape index (κ1) is 19.8. The van der Waals surface area contributed by atoms with Gasteiger partial charge in [-0.05, 0) is 30.5 Å². The van der Waals surface area contributed by atoms with Crippen molar-refractivity contribution in [2.75, 3.05) is 50.7 Å². The molecule has 6 heteroatoms. The Morgan fingerprint density at radius 2 is 1.86 bits per heavy atom. The highest BCUT2D eigenvalue weighted by Crippen LogP contribution is 2.23. The fourth-order valence-electron chi connectivity index (χ4n) is 4.46. The van der Waals surface area contributed by atoms with Crippen molar-refractivity contribution >= 4 is 5.82 Å². The number of anilines is 1. The first-order valence-electron chi connectivity index (χ1n) is 10.5. The molecular formula is C23H29N5O. The summed E-state index contributed by atoms with van der Waals surface area (Å²) in [5, 5.41) is 19.9. The van der Waals surface area contributed by atoms with E-state index in [1.54, 1.807) is 18.3 Å². The minimum atomic E-state index is -0.396. The van der Waals surface area contributed by atoms with Crippen LogP contribution in [0.1, 0.15) is 17.5 Å². The van der Waals surface area contributed by atoms with Gasteiger partial charge in [0.05, 0.1) is 17.7 Å². The Balaban J connectivity index is 1.26. The van der Waals surface area contributed by atoms with Crippen molar-refractivity contribution in [1.29, 1.82) is 5.26 Å². The maximum absolute atomic E-state index is 10.8. The minimum absolute atomic E-state index is 0.210. The molecule has 0 unspecified atom stereocenters. The lowest BCUT2D eigenvalue weighted by Gasteiger charge is -2.45. The standard InChI is InChI=1S/C23H29N5O/c24-17-20-6-9-25-23(16-20)28-11-8-21(22(29)18-28)27-14-12-26(13-15-27)10-7-19-4-2-1-3-5-19/h1-6,9,16,21-22,29H,7-8,10-15,18H2/t21-,22-/m1/s1. The summed E-state index contributed by atoms with van der Waals surface area (Å²) < 4.78 is 0. The van der Waals surface area contributed by atoms with Crippen LogP contribution in [-0.2, 0) is 6.42 Å². The van der Waals surface area contributed by atoms with E-state index in [4.69, 9.17) is 5.26 Å². The maximum Gasteiger partial charge on any atom is 0.129 e. The zero-order chi connectivity index (χ0) is 20.1. The van der Waals surface area contributed by atoms with Crippen LogP contribution in [0.2, 0.25) is 0 Å². The molecule has 0 bridgehead atoms. The van der Waals surface area contributed by atoms with Crippen molar-refractivity contribution in [2.45, 2.75) is 25.0 Å². The molecule has 0 saturated carbocycles. The van der Waals surface area contributed by atoms with Gasteiger partial charge >= 0.3 is 0 Å². The van der Waals surface area contributed by atoms with Gasteiger partial charge in [0.1, 0.15) is 5.82 Å². The van der Waals surface area contributed by atoms with Crippen LogP contribution >= 0.6 is 0 Å². The number of benzene rings is 1. The normalized spacial score (nSPS) is 23.7. The largest absolute Gasteiger partial charge is 0.390 e. The molecule has 6 nitrogen and oxygen atoms in total. The van der Waals surface area contributed by atoms with Crippen LogP contribution in [0.3, 0.4) is 0 Å². The molecule has 2 atom stereocenters. The highest BCUT2D eigenvalue weighted by molar-refractivity contribution is 5.45. The third-order valence-corrected chi connectivity index (χ3v) is 6.18. The van der Waals surface area contributed by atoms with Crippen molar-refractivity contribution in [3.8, 4) is 6.07 Å². The average Bonchev–Trinajstić information content (AvgIpc) is 2.79. The number of piperidine rings is 1. The van der Waals surface area contributed by atoms with Gasteiger partial charge in [-0.2, -0.15) is 5.26 Å². The molecule has 1 N–H and O–H groups in total. The molecule has 152 valence electrons. The Morgan fingerprint density at radius 3 is 2.59 bits per heavy atom. The quantitative estimate of drug-likeness (QED) is 0.838. The Hall–Kier alpha value is -2.46. The number of pyridine rings is 1. The maximum atomic E-state index is 10.8. The summed E-state index contributed by atoms with van der Waals surface area (Å²) in [4.78, 5) is 11.5. The molecule has 1 aromatic heterocycles. The van der Waals surface area contributed by atoms with Crippen LogP contribution in [0.4, 0.5) is 5.82 Å². The van der Waals surface area contributed by atoms with E-state index >= 15 is 0 Å². The highest BCUT2D eigenvalue weighted by Gasteiger charge is 2.34. The van der Waals surface area contributed by atoms with Gasteiger partial charge in [0.15, 0.2) is 0 Å². The summed E-state index contributed by atoms with van der Waals surface area (Å²) in [5.74, 6) is 0.785. The summed E-state index contributed by atoms with van der Waals surface area (Å²) in [6, 6.07) is 16.6. The predicted molar refractivity (Wildman–Crippen MR) is 114 cm³/mol.